The van der Waals surface area contributed by atoms with E-state index in [1.807, 2.05) is 6.92 Å². The van der Waals surface area contributed by atoms with E-state index in [9.17, 15) is 0 Å². The molecule has 0 radical (unpaired) electrons. The van der Waals surface area contributed by atoms with E-state index >= 15 is 0 Å². The van der Waals surface area contributed by atoms with Gasteiger partial charge in [-0.15, -0.1) is 0 Å². The molecule has 2 aliphatic rings. The van der Waals surface area contributed by atoms with Gasteiger partial charge in [0.05, 0.1) is 0 Å². The summed E-state index contributed by atoms with van der Waals surface area (Å²) in [6, 6.07) is 0. The van der Waals surface area contributed by atoms with Gasteiger partial charge in [-0.3, -0.25) is 0 Å². The zero-order valence-electron chi connectivity index (χ0n) is 16.6. The van der Waals surface area contributed by atoms with Crippen LogP contribution in [0, 0.1) is 25.7 Å². The van der Waals surface area contributed by atoms with Crippen molar-refractivity contribution in [2.45, 2.75) is 111 Å². The van der Waals surface area contributed by atoms with Crippen molar-refractivity contribution in [1.82, 2.24) is 0 Å². The first-order valence-corrected chi connectivity index (χ1v) is 11.2. The Morgan fingerprint density at radius 2 is 1.43 bits per heavy atom. The topological polar surface area (TPSA) is 12.4 Å². The molecule has 2 heteroatoms. The van der Waals surface area contributed by atoms with Crippen molar-refractivity contribution in [3.63, 3.8) is 0 Å². The Morgan fingerprint density at radius 3 is 1.57 bits per heavy atom. The second kappa shape index (κ2) is 18.9. The Morgan fingerprint density at radius 1 is 1.00 bits per heavy atom. The average Bonchev–Trinajstić information content (AvgIpc) is 2.59. The number of hydrogen-bond donors (Lipinski definition) is 0. The Balaban J connectivity index is 0. The molecule has 2 aliphatic carbocycles. The molecule has 0 unspecified atom stereocenters. The van der Waals surface area contributed by atoms with E-state index in [1.54, 1.807) is 0 Å². The normalized spacial score (nSPS) is 18.1. The van der Waals surface area contributed by atoms with E-state index in [1.165, 1.54) is 57.8 Å². The maximum absolute atomic E-state index is 4.25. The third-order valence-electron chi connectivity index (χ3n) is 4.18. The number of hydrogen-bond acceptors (Lipinski definition) is 1. The van der Waals surface area contributed by atoms with E-state index < -0.39 is 0 Å². The number of nitrogens with zero attached hydrogens (tertiary/aromatic N) is 1. The predicted molar refractivity (Wildman–Crippen MR) is 102 cm³/mol. The van der Waals surface area contributed by atoms with Crippen molar-refractivity contribution >= 4 is 0 Å². The molecule has 0 saturated heterocycles. The largest absolute Gasteiger partial charge is 0.344 e. The summed E-state index contributed by atoms with van der Waals surface area (Å²) in [5, 5.41) is 0. The van der Waals surface area contributed by atoms with E-state index in [0.29, 0.717) is 0 Å². The molecular weight excluding hydrogens is 447 g/mol. The van der Waals surface area contributed by atoms with E-state index in [-0.39, 0.29) is 5.54 Å². The molecule has 0 aliphatic heterocycles. The van der Waals surface area contributed by atoms with Gasteiger partial charge in [0.25, 0.3) is 0 Å². The molecule has 2 rings (SSSR count). The summed E-state index contributed by atoms with van der Waals surface area (Å²) >= 11 is 1.16. The van der Waals surface area contributed by atoms with Crippen LogP contribution in [0.25, 0.3) is 0 Å². The third-order valence-corrected chi connectivity index (χ3v) is 6.12. The van der Waals surface area contributed by atoms with E-state index in [0.717, 1.165) is 39.6 Å². The van der Waals surface area contributed by atoms with Crippen LogP contribution in [0.2, 0.25) is 0 Å². The summed E-state index contributed by atoms with van der Waals surface area (Å²) < 4.78 is 4.25. The maximum atomic E-state index is 4.25. The fraction of sp³-hybridized carbons (Fsp3) is 0.857. The van der Waals surface area contributed by atoms with Crippen molar-refractivity contribution in [2.75, 3.05) is 0 Å². The van der Waals surface area contributed by atoms with Crippen LogP contribution in [-0.4, -0.2) is 5.54 Å². The second-order valence-electron chi connectivity index (χ2n) is 7.24. The van der Waals surface area contributed by atoms with Crippen LogP contribution in [0.3, 0.4) is 0 Å². The third kappa shape index (κ3) is 22.5. The molecule has 0 aromatic carbocycles. The summed E-state index contributed by atoms with van der Waals surface area (Å²) in [7, 11) is 0. The molecular formula is C21H42NTa-3. The first-order chi connectivity index (χ1) is 10.9. The fourth-order valence-corrected chi connectivity index (χ4v) is 2.57. The van der Waals surface area contributed by atoms with Crippen LogP contribution >= 0.6 is 0 Å². The fourth-order valence-electron chi connectivity index (χ4n) is 2.06. The van der Waals surface area contributed by atoms with Gasteiger partial charge in [0.1, 0.15) is 0 Å². The van der Waals surface area contributed by atoms with Crippen LogP contribution in [0.5, 0.6) is 0 Å². The van der Waals surface area contributed by atoms with Gasteiger partial charge in [-0.1, -0.05) is 46.0 Å². The van der Waals surface area contributed by atoms with Gasteiger partial charge in [-0.05, 0) is 5.92 Å². The standard InChI is InChI=1S/C7H13.C6H11.C5H11N.C3H7.Ta/c1-7-5-3-2-4-6-7;1-2-4-6-5-3-1;1-4-5(2,3)6;1-3-2;/h2,7H,3-6H2,1H3;1H,2-6H2;4H2,1-3H3;1,3H2,2H3;/q2*-1;;-1;. The monoisotopic (exact) mass is 489 g/mol. The van der Waals surface area contributed by atoms with Gasteiger partial charge in [-0.2, -0.15) is 32.1 Å². The van der Waals surface area contributed by atoms with E-state index in [4.69, 9.17) is 0 Å². The zero-order valence-corrected chi connectivity index (χ0v) is 19.8. The van der Waals surface area contributed by atoms with Crippen molar-refractivity contribution in [2.24, 2.45) is 9.26 Å². The summed E-state index contributed by atoms with van der Waals surface area (Å²) in [5.41, 5.74) is 0.258. The molecule has 2 saturated carbocycles. The summed E-state index contributed by atoms with van der Waals surface area (Å²) in [6.45, 7) is 14.3. The van der Waals surface area contributed by atoms with Gasteiger partial charge in [0.15, 0.2) is 0 Å². The minimum Gasteiger partial charge on any atom is -0.344 e. The smallest absolute Gasteiger partial charge is 0.0582 e. The average molecular weight is 490 g/mol. The summed E-state index contributed by atoms with van der Waals surface area (Å²) in [4.78, 5) is 0. The Hall–Kier alpha value is 0.540. The SMILES string of the molecule is CC1CC[CH-]CC1.CCC(C)(C)[N]=[Ta].[CH-]1CCCCC1.[CH2-]CC. The van der Waals surface area contributed by atoms with Gasteiger partial charge < -0.3 is 19.8 Å². The first kappa shape index (κ1) is 25.8. The van der Waals surface area contributed by atoms with Crippen molar-refractivity contribution < 1.29 is 20.9 Å². The van der Waals surface area contributed by atoms with E-state index in [2.05, 4.69) is 50.8 Å². The minimum absolute atomic E-state index is 0.258. The van der Waals surface area contributed by atoms with Gasteiger partial charge in [-0.25, -0.2) is 0 Å². The molecule has 1 nitrogen and oxygen atoms in total. The number of rotatable bonds is 2. The van der Waals surface area contributed by atoms with Gasteiger partial charge in [0.2, 0.25) is 0 Å². The van der Waals surface area contributed by atoms with Gasteiger partial charge in [0, 0.05) is 0 Å². The summed E-state index contributed by atoms with van der Waals surface area (Å²) in [6.07, 6.45) is 19.6. The molecule has 0 N–H and O–H groups in total. The van der Waals surface area contributed by atoms with Crippen LogP contribution in [0.15, 0.2) is 3.34 Å². The van der Waals surface area contributed by atoms with Crippen LogP contribution in [0.4, 0.5) is 0 Å². The molecule has 0 atom stereocenters. The maximum Gasteiger partial charge on any atom is -0.0582 e. The van der Waals surface area contributed by atoms with Crippen LogP contribution in [-0.2, 0) is 20.9 Å². The molecule has 2 fully saturated rings. The molecule has 0 bridgehead atoms. The molecule has 0 heterocycles. The van der Waals surface area contributed by atoms with Crippen LogP contribution < -0.4 is 0 Å². The Labute approximate surface area is 160 Å². The molecule has 0 spiro atoms. The molecule has 0 amide bonds. The zero-order chi connectivity index (χ0) is 18.0. The summed E-state index contributed by atoms with van der Waals surface area (Å²) in [5.74, 6) is 1.00. The van der Waals surface area contributed by atoms with Crippen molar-refractivity contribution in [3.05, 3.63) is 19.8 Å². The molecule has 0 aromatic heterocycles. The Bertz CT molecular complexity index is 216. The molecule has 139 valence electrons. The van der Waals surface area contributed by atoms with Crippen molar-refractivity contribution in [1.29, 1.82) is 0 Å². The molecule has 23 heavy (non-hydrogen) atoms. The first-order valence-electron chi connectivity index (χ1n) is 9.72. The predicted octanol–water partition coefficient (Wildman–Crippen LogP) is 7.69. The minimum atomic E-state index is 0.258. The Kier molecular flexibility index (Phi) is 21.2. The van der Waals surface area contributed by atoms with Crippen LogP contribution in [0.1, 0.15) is 105 Å². The van der Waals surface area contributed by atoms with Crippen molar-refractivity contribution in [3.8, 4) is 0 Å². The quantitative estimate of drug-likeness (QED) is 0.353. The second-order valence-corrected chi connectivity index (χ2v) is 7.96. The molecule has 0 aromatic rings. The van der Waals surface area contributed by atoms with Gasteiger partial charge >= 0.3 is 57.0 Å².